The molecule has 0 aliphatic rings. The third-order valence-corrected chi connectivity index (χ3v) is 2.28. The molecule has 0 aromatic heterocycles. The van der Waals surface area contributed by atoms with Crippen molar-refractivity contribution in [3.63, 3.8) is 0 Å². The lowest BCUT2D eigenvalue weighted by Gasteiger charge is -2.22. The molecule has 0 radical (unpaired) electrons. The molecule has 120 valence electrons. The van der Waals surface area contributed by atoms with Gasteiger partial charge in [0.1, 0.15) is 11.6 Å². The molecule has 0 aromatic rings. The molecule has 0 saturated heterocycles. The summed E-state index contributed by atoms with van der Waals surface area (Å²) in [6.07, 6.45) is 1.01. The van der Waals surface area contributed by atoms with E-state index in [1.165, 1.54) is 7.11 Å². The first-order valence-corrected chi connectivity index (χ1v) is 6.64. The Labute approximate surface area is 125 Å². The number of amides is 2. The first kappa shape index (κ1) is 18.9. The Morgan fingerprint density at radius 2 is 1.90 bits per heavy atom. The van der Waals surface area contributed by atoms with Gasteiger partial charge in [0.25, 0.3) is 0 Å². The van der Waals surface area contributed by atoms with Crippen LogP contribution in [0.2, 0.25) is 0 Å². The standard InChI is InChI=1S/C14H24N2O5/c1-6-9-15-11(17)8-7-10(12(18)20-5)16-13(19)21-14(2,3)4/h6,10H,1,7-9H2,2-5H3,(H,15,17)(H,16,19). The quantitative estimate of drug-likeness (QED) is 0.543. The fourth-order valence-corrected chi connectivity index (χ4v) is 1.39. The zero-order chi connectivity index (χ0) is 16.5. The van der Waals surface area contributed by atoms with Crippen molar-refractivity contribution < 1.29 is 23.9 Å². The normalized spacial score (nSPS) is 12.0. The second-order valence-electron chi connectivity index (χ2n) is 5.35. The minimum absolute atomic E-state index is 0.0728. The Morgan fingerprint density at radius 1 is 1.29 bits per heavy atom. The lowest BCUT2D eigenvalue weighted by atomic mass is 10.1. The minimum Gasteiger partial charge on any atom is -0.467 e. The van der Waals surface area contributed by atoms with Gasteiger partial charge < -0.3 is 20.1 Å². The van der Waals surface area contributed by atoms with Crippen molar-refractivity contribution in [2.45, 2.75) is 45.3 Å². The van der Waals surface area contributed by atoms with E-state index in [0.717, 1.165) is 0 Å². The molecule has 0 aromatic carbocycles. The number of alkyl carbamates (subject to hydrolysis) is 1. The van der Waals surface area contributed by atoms with Crippen LogP contribution in [0, 0.1) is 0 Å². The predicted octanol–water partition coefficient (Wildman–Crippen LogP) is 1.14. The maximum Gasteiger partial charge on any atom is 0.408 e. The minimum atomic E-state index is -0.931. The monoisotopic (exact) mass is 300 g/mol. The number of nitrogens with one attached hydrogen (secondary N) is 2. The first-order chi connectivity index (χ1) is 9.69. The van der Waals surface area contributed by atoms with Crippen molar-refractivity contribution in [3.8, 4) is 0 Å². The summed E-state index contributed by atoms with van der Waals surface area (Å²) in [5.41, 5.74) is -0.675. The van der Waals surface area contributed by atoms with E-state index in [1.807, 2.05) is 0 Å². The highest BCUT2D eigenvalue weighted by Crippen LogP contribution is 2.08. The first-order valence-electron chi connectivity index (χ1n) is 6.64. The van der Waals surface area contributed by atoms with Gasteiger partial charge in [-0.15, -0.1) is 6.58 Å². The molecule has 7 nitrogen and oxygen atoms in total. The number of rotatable bonds is 7. The molecule has 1 unspecified atom stereocenters. The van der Waals surface area contributed by atoms with Crippen LogP contribution in [0.4, 0.5) is 4.79 Å². The van der Waals surface area contributed by atoms with E-state index < -0.39 is 23.7 Å². The van der Waals surface area contributed by atoms with Crippen LogP contribution >= 0.6 is 0 Å². The van der Waals surface area contributed by atoms with E-state index in [0.29, 0.717) is 6.54 Å². The van der Waals surface area contributed by atoms with Crippen LogP contribution in [-0.4, -0.2) is 43.3 Å². The zero-order valence-electron chi connectivity index (χ0n) is 13.0. The number of carbonyl (C=O) groups is 3. The summed E-state index contributed by atoms with van der Waals surface area (Å²) in [5, 5.41) is 4.98. The zero-order valence-corrected chi connectivity index (χ0v) is 13.0. The lowest BCUT2D eigenvalue weighted by Crippen LogP contribution is -2.44. The van der Waals surface area contributed by atoms with Crippen molar-refractivity contribution in [2.75, 3.05) is 13.7 Å². The van der Waals surface area contributed by atoms with E-state index in [-0.39, 0.29) is 18.7 Å². The molecule has 21 heavy (non-hydrogen) atoms. The van der Waals surface area contributed by atoms with E-state index in [2.05, 4.69) is 21.9 Å². The highest BCUT2D eigenvalue weighted by Gasteiger charge is 2.25. The van der Waals surface area contributed by atoms with E-state index >= 15 is 0 Å². The fourth-order valence-electron chi connectivity index (χ4n) is 1.39. The number of esters is 1. The summed E-state index contributed by atoms with van der Waals surface area (Å²) in [7, 11) is 1.21. The largest absolute Gasteiger partial charge is 0.467 e. The molecule has 0 rings (SSSR count). The highest BCUT2D eigenvalue weighted by molar-refractivity contribution is 5.82. The Bertz CT molecular complexity index is 387. The maximum absolute atomic E-state index is 11.7. The summed E-state index contributed by atoms with van der Waals surface area (Å²) in [6.45, 7) is 8.96. The fraction of sp³-hybridized carbons (Fsp3) is 0.643. The van der Waals surface area contributed by atoms with Crippen LogP contribution in [0.5, 0.6) is 0 Å². The summed E-state index contributed by atoms with van der Waals surface area (Å²) >= 11 is 0. The molecule has 7 heteroatoms. The smallest absolute Gasteiger partial charge is 0.408 e. The second kappa shape index (κ2) is 8.99. The maximum atomic E-state index is 11.7. The molecule has 0 heterocycles. The van der Waals surface area contributed by atoms with Gasteiger partial charge in [-0.3, -0.25) is 4.79 Å². The summed E-state index contributed by atoms with van der Waals surface area (Å²) < 4.78 is 9.66. The van der Waals surface area contributed by atoms with Gasteiger partial charge in [0.05, 0.1) is 7.11 Å². The summed E-state index contributed by atoms with van der Waals surface area (Å²) in [5.74, 6) is -0.868. The van der Waals surface area contributed by atoms with E-state index in [4.69, 9.17) is 4.74 Å². The lowest BCUT2D eigenvalue weighted by molar-refractivity contribution is -0.143. The predicted molar refractivity (Wildman–Crippen MR) is 77.6 cm³/mol. The van der Waals surface area contributed by atoms with Crippen molar-refractivity contribution in [3.05, 3.63) is 12.7 Å². The number of methoxy groups -OCH3 is 1. The van der Waals surface area contributed by atoms with Crippen molar-refractivity contribution >= 4 is 18.0 Å². The third kappa shape index (κ3) is 9.48. The van der Waals surface area contributed by atoms with Gasteiger partial charge in [-0.2, -0.15) is 0 Å². The van der Waals surface area contributed by atoms with Crippen LogP contribution in [0.15, 0.2) is 12.7 Å². The van der Waals surface area contributed by atoms with Crippen LogP contribution in [-0.2, 0) is 19.1 Å². The average molecular weight is 300 g/mol. The van der Waals surface area contributed by atoms with Gasteiger partial charge in [0.15, 0.2) is 0 Å². The van der Waals surface area contributed by atoms with Crippen molar-refractivity contribution in [1.29, 1.82) is 0 Å². The third-order valence-electron chi connectivity index (χ3n) is 2.28. The van der Waals surface area contributed by atoms with Gasteiger partial charge in [0, 0.05) is 13.0 Å². The van der Waals surface area contributed by atoms with Crippen molar-refractivity contribution in [1.82, 2.24) is 10.6 Å². The second-order valence-corrected chi connectivity index (χ2v) is 5.35. The Kier molecular flexibility index (Phi) is 8.11. The number of ether oxygens (including phenoxy) is 2. The van der Waals surface area contributed by atoms with Crippen molar-refractivity contribution in [2.24, 2.45) is 0 Å². The van der Waals surface area contributed by atoms with Gasteiger partial charge in [0.2, 0.25) is 5.91 Å². The van der Waals surface area contributed by atoms with Gasteiger partial charge in [-0.25, -0.2) is 9.59 Å². The average Bonchev–Trinajstić information content (AvgIpc) is 2.37. The molecule has 0 saturated carbocycles. The van der Waals surface area contributed by atoms with Crippen LogP contribution in [0.1, 0.15) is 33.6 Å². The topological polar surface area (TPSA) is 93.7 Å². The molecule has 2 N–H and O–H groups in total. The van der Waals surface area contributed by atoms with E-state index in [1.54, 1.807) is 26.8 Å². The summed E-state index contributed by atoms with van der Waals surface area (Å²) in [4.78, 5) is 34.7. The summed E-state index contributed by atoms with van der Waals surface area (Å²) in [6, 6.07) is -0.931. The van der Waals surface area contributed by atoms with Crippen LogP contribution in [0.3, 0.4) is 0 Å². The van der Waals surface area contributed by atoms with Crippen LogP contribution in [0.25, 0.3) is 0 Å². The SMILES string of the molecule is C=CCNC(=O)CCC(NC(=O)OC(C)(C)C)C(=O)OC. The number of hydrogen-bond acceptors (Lipinski definition) is 5. The molecule has 0 spiro atoms. The molecule has 0 aliphatic carbocycles. The Hall–Kier alpha value is -2.05. The van der Waals surface area contributed by atoms with Gasteiger partial charge >= 0.3 is 12.1 Å². The highest BCUT2D eigenvalue weighted by atomic mass is 16.6. The molecule has 2 amide bonds. The molecular weight excluding hydrogens is 276 g/mol. The Morgan fingerprint density at radius 3 is 2.38 bits per heavy atom. The molecule has 0 aliphatic heterocycles. The van der Waals surface area contributed by atoms with Gasteiger partial charge in [-0.05, 0) is 27.2 Å². The molecule has 0 bridgehead atoms. The molecule has 1 atom stereocenters. The number of carbonyl (C=O) groups excluding carboxylic acids is 3. The van der Waals surface area contributed by atoms with Crippen LogP contribution < -0.4 is 10.6 Å². The Balaban J connectivity index is 4.46. The number of hydrogen-bond donors (Lipinski definition) is 2. The molecule has 0 fully saturated rings. The molecular formula is C14H24N2O5. The van der Waals surface area contributed by atoms with E-state index in [9.17, 15) is 14.4 Å². The van der Waals surface area contributed by atoms with Gasteiger partial charge in [-0.1, -0.05) is 6.08 Å².